The zero-order valence-electron chi connectivity index (χ0n) is 16.6. The number of rotatable bonds is 4. The van der Waals surface area contributed by atoms with Crippen molar-refractivity contribution in [1.82, 2.24) is 14.7 Å². The zero-order chi connectivity index (χ0) is 19.6. The van der Waals surface area contributed by atoms with Crippen molar-refractivity contribution in [1.29, 1.82) is 0 Å². The summed E-state index contributed by atoms with van der Waals surface area (Å²) in [4.78, 5) is 19.1. The number of piperidine rings is 1. The Labute approximate surface area is 161 Å². The van der Waals surface area contributed by atoms with E-state index in [0.717, 1.165) is 45.3 Å². The zero-order valence-corrected chi connectivity index (χ0v) is 16.6. The Morgan fingerprint density at radius 3 is 2.33 bits per heavy atom. The molecule has 2 heterocycles. The van der Waals surface area contributed by atoms with E-state index in [1.165, 1.54) is 18.6 Å². The molecule has 3 rings (SSSR count). The molecular formula is C21H31F2N3O. The maximum Gasteiger partial charge on any atom is 0.236 e. The van der Waals surface area contributed by atoms with Gasteiger partial charge in [0.1, 0.15) is 11.6 Å². The molecular weight excluding hydrogens is 348 g/mol. The molecule has 3 atom stereocenters. The SMILES string of the molecule is CC1CC(C)CN(C(=O)CN2CCN(C(C)c3ccc(F)cc3F)CC2)C1. The topological polar surface area (TPSA) is 26.8 Å². The number of carbonyl (C=O) groups excluding carboxylic acids is 1. The fourth-order valence-corrected chi connectivity index (χ4v) is 4.50. The number of hydrogen-bond acceptors (Lipinski definition) is 3. The van der Waals surface area contributed by atoms with E-state index in [2.05, 4.69) is 23.6 Å². The first-order valence-electron chi connectivity index (χ1n) is 10.0. The maximum absolute atomic E-state index is 14.0. The number of piperazine rings is 1. The van der Waals surface area contributed by atoms with Gasteiger partial charge in [-0.25, -0.2) is 8.78 Å². The molecule has 0 aromatic heterocycles. The standard InChI is InChI=1S/C21H31F2N3O/c1-15-10-16(2)13-26(12-15)21(27)14-24-6-8-25(9-7-24)17(3)19-5-4-18(22)11-20(19)23/h4-5,11,15-17H,6-10,12-14H2,1-3H3. The number of hydrogen-bond donors (Lipinski definition) is 0. The van der Waals surface area contributed by atoms with Gasteiger partial charge in [-0.3, -0.25) is 14.6 Å². The average molecular weight is 379 g/mol. The molecule has 0 saturated carbocycles. The summed E-state index contributed by atoms with van der Waals surface area (Å²) in [7, 11) is 0. The van der Waals surface area contributed by atoms with Crippen LogP contribution >= 0.6 is 0 Å². The lowest BCUT2D eigenvalue weighted by molar-refractivity contribution is -0.135. The van der Waals surface area contributed by atoms with Crippen LogP contribution in [0.5, 0.6) is 0 Å². The number of amides is 1. The second kappa shape index (κ2) is 8.65. The second-order valence-corrected chi connectivity index (χ2v) is 8.40. The van der Waals surface area contributed by atoms with E-state index in [1.54, 1.807) is 0 Å². The number of likely N-dealkylation sites (tertiary alicyclic amines) is 1. The monoisotopic (exact) mass is 379 g/mol. The molecule has 2 fully saturated rings. The molecule has 1 amide bonds. The molecule has 2 aliphatic heterocycles. The first-order chi connectivity index (χ1) is 12.8. The predicted molar refractivity (Wildman–Crippen MR) is 102 cm³/mol. The van der Waals surface area contributed by atoms with E-state index in [9.17, 15) is 13.6 Å². The van der Waals surface area contributed by atoms with Crippen molar-refractivity contribution in [3.8, 4) is 0 Å². The molecule has 0 N–H and O–H groups in total. The largest absolute Gasteiger partial charge is 0.341 e. The molecule has 4 nitrogen and oxygen atoms in total. The van der Waals surface area contributed by atoms with Gasteiger partial charge in [0.2, 0.25) is 5.91 Å². The van der Waals surface area contributed by atoms with Crippen molar-refractivity contribution in [2.45, 2.75) is 33.2 Å². The fourth-order valence-electron chi connectivity index (χ4n) is 4.50. The van der Waals surface area contributed by atoms with Gasteiger partial charge in [-0.2, -0.15) is 0 Å². The molecule has 27 heavy (non-hydrogen) atoms. The van der Waals surface area contributed by atoms with E-state index in [4.69, 9.17) is 0 Å². The highest BCUT2D eigenvalue weighted by Gasteiger charge is 2.29. The van der Waals surface area contributed by atoms with Gasteiger partial charge in [-0.05, 0) is 31.2 Å². The third kappa shape index (κ3) is 5.05. The minimum Gasteiger partial charge on any atom is -0.341 e. The average Bonchev–Trinajstić information content (AvgIpc) is 2.61. The van der Waals surface area contributed by atoms with E-state index >= 15 is 0 Å². The van der Waals surface area contributed by atoms with Crippen LogP contribution in [0.15, 0.2) is 18.2 Å². The molecule has 2 aliphatic rings. The van der Waals surface area contributed by atoms with Crippen LogP contribution in [0.1, 0.15) is 38.8 Å². The van der Waals surface area contributed by atoms with Gasteiger partial charge in [0.15, 0.2) is 0 Å². The summed E-state index contributed by atoms with van der Waals surface area (Å²) in [6.07, 6.45) is 1.19. The Balaban J connectivity index is 1.50. The van der Waals surface area contributed by atoms with Crippen LogP contribution in [0, 0.1) is 23.5 Å². The Morgan fingerprint density at radius 1 is 1.11 bits per heavy atom. The number of halogens is 2. The summed E-state index contributed by atoms with van der Waals surface area (Å²) in [5.74, 6) is 0.322. The van der Waals surface area contributed by atoms with Crippen LogP contribution in [-0.4, -0.2) is 66.4 Å². The van der Waals surface area contributed by atoms with Crippen molar-refractivity contribution in [2.75, 3.05) is 45.8 Å². The van der Waals surface area contributed by atoms with Crippen LogP contribution in [0.3, 0.4) is 0 Å². The van der Waals surface area contributed by atoms with Crippen LogP contribution in [-0.2, 0) is 4.79 Å². The van der Waals surface area contributed by atoms with Crippen LogP contribution in [0.2, 0.25) is 0 Å². The Morgan fingerprint density at radius 2 is 1.74 bits per heavy atom. The minimum absolute atomic E-state index is 0.104. The molecule has 1 aromatic carbocycles. The Hall–Kier alpha value is -1.53. The number of benzene rings is 1. The molecule has 2 saturated heterocycles. The van der Waals surface area contributed by atoms with Gasteiger partial charge >= 0.3 is 0 Å². The maximum atomic E-state index is 14.0. The van der Waals surface area contributed by atoms with Crippen LogP contribution < -0.4 is 0 Å². The molecule has 6 heteroatoms. The third-order valence-corrected chi connectivity index (χ3v) is 5.95. The summed E-state index contributed by atoms with van der Waals surface area (Å²) < 4.78 is 27.2. The summed E-state index contributed by atoms with van der Waals surface area (Å²) in [5, 5.41) is 0. The number of carbonyl (C=O) groups is 1. The minimum atomic E-state index is -0.548. The molecule has 0 bridgehead atoms. The highest BCUT2D eigenvalue weighted by molar-refractivity contribution is 5.78. The highest BCUT2D eigenvalue weighted by Crippen LogP contribution is 2.25. The predicted octanol–water partition coefficient (Wildman–Crippen LogP) is 3.15. The lowest BCUT2D eigenvalue weighted by atomic mass is 9.92. The van der Waals surface area contributed by atoms with Gasteiger partial charge in [-0.15, -0.1) is 0 Å². The van der Waals surface area contributed by atoms with Crippen molar-refractivity contribution >= 4 is 5.91 Å². The van der Waals surface area contributed by atoms with Gasteiger partial charge in [0.25, 0.3) is 0 Å². The van der Waals surface area contributed by atoms with Crippen molar-refractivity contribution in [3.05, 3.63) is 35.4 Å². The van der Waals surface area contributed by atoms with E-state index < -0.39 is 11.6 Å². The summed E-state index contributed by atoms with van der Waals surface area (Å²) in [6.45, 7) is 11.7. The van der Waals surface area contributed by atoms with Gasteiger partial charge < -0.3 is 4.90 Å². The normalized spacial score (nSPS) is 26.2. The second-order valence-electron chi connectivity index (χ2n) is 8.40. The molecule has 150 valence electrons. The van der Waals surface area contributed by atoms with Gasteiger partial charge in [-0.1, -0.05) is 19.9 Å². The smallest absolute Gasteiger partial charge is 0.236 e. The summed E-state index contributed by atoms with van der Waals surface area (Å²) in [6, 6.07) is 3.68. The third-order valence-electron chi connectivity index (χ3n) is 5.95. The first kappa shape index (κ1) is 20.2. The fraction of sp³-hybridized carbons (Fsp3) is 0.667. The molecule has 0 spiro atoms. The Kier molecular flexibility index (Phi) is 6.48. The molecule has 3 unspecified atom stereocenters. The van der Waals surface area contributed by atoms with Crippen molar-refractivity contribution in [3.63, 3.8) is 0 Å². The molecule has 1 aromatic rings. The van der Waals surface area contributed by atoms with Crippen molar-refractivity contribution in [2.24, 2.45) is 11.8 Å². The summed E-state index contributed by atoms with van der Waals surface area (Å²) in [5.41, 5.74) is 0.525. The molecule has 0 radical (unpaired) electrons. The highest BCUT2D eigenvalue weighted by atomic mass is 19.1. The first-order valence-corrected chi connectivity index (χ1v) is 10.0. The van der Waals surface area contributed by atoms with Gasteiger partial charge in [0.05, 0.1) is 6.54 Å². The van der Waals surface area contributed by atoms with Crippen molar-refractivity contribution < 1.29 is 13.6 Å². The lowest BCUT2D eigenvalue weighted by Crippen LogP contribution is -2.52. The Bertz CT molecular complexity index is 651. The number of nitrogens with zero attached hydrogens (tertiary/aromatic N) is 3. The van der Waals surface area contributed by atoms with Crippen LogP contribution in [0.25, 0.3) is 0 Å². The van der Waals surface area contributed by atoms with E-state index in [-0.39, 0.29) is 11.9 Å². The van der Waals surface area contributed by atoms with E-state index in [1.807, 2.05) is 11.8 Å². The molecule has 0 aliphatic carbocycles. The van der Waals surface area contributed by atoms with Crippen LogP contribution in [0.4, 0.5) is 8.78 Å². The quantitative estimate of drug-likeness (QED) is 0.804. The lowest BCUT2D eigenvalue weighted by Gasteiger charge is -2.40. The summed E-state index contributed by atoms with van der Waals surface area (Å²) >= 11 is 0. The van der Waals surface area contributed by atoms with E-state index in [0.29, 0.717) is 23.9 Å². The van der Waals surface area contributed by atoms with Gasteiger partial charge in [0, 0.05) is 56.9 Å².